The molecule has 0 aliphatic rings. The highest BCUT2D eigenvalue weighted by Crippen LogP contribution is 2.26. The number of nitrogens with one attached hydrogen (secondary N) is 1. The zero-order chi connectivity index (χ0) is 19.1. The first-order chi connectivity index (χ1) is 13.2. The highest BCUT2D eigenvalue weighted by atomic mass is 32.2. The fraction of sp³-hybridized carbons (Fsp3) is 0.238. The van der Waals surface area contributed by atoms with Gasteiger partial charge in [0.05, 0.1) is 18.7 Å². The van der Waals surface area contributed by atoms with E-state index in [4.69, 9.17) is 4.74 Å². The number of rotatable bonds is 8. The summed E-state index contributed by atoms with van der Waals surface area (Å²) in [7, 11) is 0. The Morgan fingerprint density at radius 1 is 1.15 bits per heavy atom. The van der Waals surface area contributed by atoms with Crippen molar-refractivity contribution in [3.05, 3.63) is 59.5 Å². The van der Waals surface area contributed by atoms with Crippen molar-refractivity contribution in [2.24, 2.45) is 0 Å². The monoisotopic (exact) mass is 398 g/mol. The van der Waals surface area contributed by atoms with E-state index in [1.54, 1.807) is 11.8 Å². The number of ether oxygens (including phenoxy) is 1. The molecular formula is C21H22N2O2S2. The topological polar surface area (TPSA) is 51.2 Å². The van der Waals surface area contributed by atoms with E-state index in [2.05, 4.69) is 17.2 Å². The number of aromatic nitrogens is 1. The Labute approximate surface area is 168 Å². The predicted molar refractivity (Wildman–Crippen MR) is 114 cm³/mol. The maximum atomic E-state index is 12.3. The molecule has 0 unspecified atom stereocenters. The summed E-state index contributed by atoms with van der Waals surface area (Å²) >= 11 is 3.12. The van der Waals surface area contributed by atoms with Gasteiger partial charge in [0.25, 0.3) is 0 Å². The highest BCUT2D eigenvalue weighted by molar-refractivity contribution is 7.98. The van der Waals surface area contributed by atoms with E-state index >= 15 is 0 Å². The van der Waals surface area contributed by atoms with Crippen molar-refractivity contribution >= 4 is 34.1 Å². The number of anilines is 1. The number of benzene rings is 2. The van der Waals surface area contributed by atoms with Gasteiger partial charge in [0.1, 0.15) is 5.75 Å². The quantitative estimate of drug-likeness (QED) is 0.509. The van der Waals surface area contributed by atoms with Gasteiger partial charge in [0.15, 0.2) is 5.13 Å². The third-order valence-corrected chi connectivity index (χ3v) is 5.40. The second kappa shape index (κ2) is 9.58. The molecule has 3 rings (SSSR count). The second-order valence-corrected chi connectivity index (χ2v) is 7.72. The van der Waals surface area contributed by atoms with Crippen molar-refractivity contribution in [2.75, 3.05) is 18.2 Å². The van der Waals surface area contributed by atoms with Gasteiger partial charge < -0.3 is 10.1 Å². The molecule has 0 bridgehead atoms. The number of amides is 1. The molecule has 0 radical (unpaired) electrons. The smallest absolute Gasteiger partial charge is 0.230 e. The number of hydrogen-bond donors (Lipinski definition) is 1. The van der Waals surface area contributed by atoms with Crippen molar-refractivity contribution in [1.82, 2.24) is 4.98 Å². The predicted octanol–water partition coefficient (Wildman–Crippen LogP) is 5.50. The van der Waals surface area contributed by atoms with Gasteiger partial charge >= 0.3 is 0 Å². The summed E-state index contributed by atoms with van der Waals surface area (Å²) < 4.78 is 5.60. The summed E-state index contributed by atoms with van der Waals surface area (Å²) in [6, 6.07) is 15.9. The Morgan fingerprint density at radius 3 is 2.56 bits per heavy atom. The molecule has 0 fully saturated rings. The van der Waals surface area contributed by atoms with E-state index in [1.807, 2.05) is 60.2 Å². The lowest BCUT2D eigenvalue weighted by Crippen LogP contribution is -2.14. The van der Waals surface area contributed by atoms with Gasteiger partial charge in [-0.15, -0.1) is 23.1 Å². The molecule has 0 atom stereocenters. The van der Waals surface area contributed by atoms with Crippen LogP contribution in [0.15, 0.2) is 58.8 Å². The van der Waals surface area contributed by atoms with Crippen molar-refractivity contribution in [2.45, 2.75) is 24.7 Å². The normalized spacial score (nSPS) is 10.6. The van der Waals surface area contributed by atoms with Crippen LogP contribution in [0.2, 0.25) is 0 Å². The van der Waals surface area contributed by atoms with E-state index in [0.717, 1.165) is 29.0 Å². The van der Waals surface area contributed by atoms with E-state index in [9.17, 15) is 4.79 Å². The van der Waals surface area contributed by atoms with E-state index in [1.165, 1.54) is 16.2 Å². The number of carbonyl (C=O) groups is 1. The molecule has 1 aromatic heterocycles. The van der Waals surface area contributed by atoms with Crippen LogP contribution in [-0.2, 0) is 11.2 Å². The second-order valence-electron chi connectivity index (χ2n) is 5.98. The largest absolute Gasteiger partial charge is 0.494 e. The summed E-state index contributed by atoms with van der Waals surface area (Å²) in [4.78, 5) is 18.0. The van der Waals surface area contributed by atoms with E-state index < -0.39 is 0 Å². The average molecular weight is 399 g/mol. The maximum Gasteiger partial charge on any atom is 0.230 e. The molecule has 140 valence electrons. The van der Waals surface area contributed by atoms with Crippen LogP contribution < -0.4 is 10.1 Å². The third-order valence-electron chi connectivity index (χ3n) is 3.90. The number of thiazole rings is 1. The minimum absolute atomic E-state index is 0.0592. The van der Waals surface area contributed by atoms with Gasteiger partial charge in [-0.25, -0.2) is 4.98 Å². The van der Waals surface area contributed by atoms with Crippen LogP contribution in [0.25, 0.3) is 11.3 Å². The zero-order valence-electron chi connectivity index (χ0n) is 15.4. The fourth-order valence-electron chi connectivity index (χ4n) is 2.50. The first-order valence-corrected chi connectivity index (χ1v) is 10.9. The Hall–Kier alpha value is -2.31. The lowest BCUT2D eigenvalue weighted by molar-refractivity contribution is -0.115. The first-order valence-electron chi connectivity index (χ1n) is 8.79. The summed E-state index contributed by atoms with van der Waals surface area (Å²) in [5, 5.41) is 5.45. The van der Waals surface area contributed by atoms with Gasteiger partial charge in [-0.05, 0) is 54.6 Å². The molecule has 0 saturated carbocycles. The molecule has 2 aromatic carbocycles. The fourth-order valence-corrected chi connectivity index (χ4v) is 3.64. The van der Waals surface area contributed by atoms with Crippen LogP contribution in [0.5, 0.6) is 5.75 Å². The Kier molecular flexibility index (Phi) is 6.90. The number of nitrogens with zero attached hydrogens (tertiary/aromatic N) is 1. The van der Waals surface area contributed by atoms with Crippen LogP contribution in [0.3, 0.4) is 0 Å². The molecule has 1 N–H and O–H groups in total. The van der Waals surface area contributed by atoms with Gasteiger partial charge in [-0.3, -0.25) is 4.79 Å². The van der Waals surface area contributed by atoms with Crippen LogP contribution in [-0.4, -0.2) is 23.8 Å². The Morgan fingerprint density at radius 2 is 1.89 bits per heavy atom. The number of hydrogen-bond acceptors (Lipinski definition) is 5. The van der Waals surface area contributed by atoms with E-state index in [0.29, 0.717) is 18.2 Å². The van der Waals surface area contributed by atoms with Crippen LogP contribution >= 0.6 is 23.1 Å². The minimum atomic E-state index is -0.0592. The molecule has 0 aliphatic heterocycles. The molecular weight excluding hydrogens is 376 g/mol. The zero-order valence-corrected chi connectivity index (χ0v) is 17.0. The van der Waals surface area contributed by atoms with Crippen LogP contribution in [0.4, 0.5) is 5.13 Å². The number of thioether (sulfide) groups is 1. The summed E-state index contributed by atoms with van der Waals surface area (Å²) in [6.45, 7) is 2.80. The molecule has 0 saturated heterocycles. The third kappa shape index (κ3) is 5.58. The summed E-state index contributed by atoms with van der Waals surface area (Å²) in [5.41, 5.74) is 2.84. The minimum Gasteiger partial charge on any atom is -0.494 e. The number of carbonyl (C=O) groups excluding carboxylic acids is 1. The first kappa shape index (κ1) is 19.5. The van der Waals surface area contributed by atoms with Gasteiger partial charge in [-0.1, -0.05) is 19.1 Å². The molecule has 3 aromatic rings. The Balaban J connectivity index is 1.58. The molecule has 1 amide bonds. The van der Waals surface area contributed by atoms with Crippen molar-refractivity contribution in [1.29, 1.82) is 0 Å². The van der Waals surface area contributed by atoms with Crippen molar-refractivity contribution in [3.8, 4) is 17.0 Å². The van der Waals surface area contributed by atoms with Crippen LogP contribution in [0.1, 0.15) is 18.9 Å². The van der Waals surface area contributed by atoms with Crippen molar-refractivity contribution in [3.63, 3.8) is 0 Å². The molecule has 27 heavy (non-hydrogen) atoms. The lowest BCUT2D eigenvalue weighted by Gasteiger charge is -2.05. The molecule has 0 aliphatic carbocycles. The van der Waals surface area contributed by atoms with Gasteiger partial charge in [0.2, 0.25) is 5.91 Å². The molecule has 1 heterocycles. The molecule has 4 nitrogen and oxygen atoms in total. The summed E-state index contributed by atoms with van der Waals surface area (Å²) in [5.74, 6) is 0.799. The standard InChI is InChI=1S/C21H22N2O2S2/c1-3-12-25-17-8-6-16(7-9-17)19-14-27-21(22-19)23-20(24)13-15-4-10-18(26-2)11-5-15/h4-11,14H,3,12-13H2,1-2H3,(H,22,23,24). The average Bonchev–Trinajstić information content (AvgIpc) is 3.15. The van der Waals surface area contributed by atoms with E-state index in [-0.39, 0.29) is 5.91 Å². The summed E-state index contributed by atoms with van der Waals surface area (Å²) in [6.07, 6.45) is 3.36. The van der Waals surface area contributed by atoms with Crippen molar-refractivity contribution < 1.29 is 9.53 Å². The highest BCUT2D eigenvalue weighted by Gasteiger charge is 2.09. The van der Waals surface area contributed by atoms with Gasteiger partial charge in [0, 0.05) is 15.8 Å². The Bertz CT molecular complexity index is 874. The van der Waals surface area contributed by atoms with Gasteiger partial charge in [-0.2, -0.15) is 0 Å². The van der Waals surface area contributed by atoms with Crippen LogP contribution in [0, 0.1) is 0 Å². The maximum absolute atomic E-state index is 12.3. The molecule has 0 spiro atoms. The molecule has 6 heteroatoms. The SMILES string of the molecule is CCCOc1ccc(-c2csc(NC(=O)Cc3ccc(SC)cc3)n2)cc1. The lowest BCUT2D eigenvalue weighted by atomic mass is 10.1.